The zero-order chi connectivity index (χ0) is 9.31. The molecule has 0 radical (unpaired) electrons. The predicted molar refractivity (Wildman–Crippen MR) is 53.3 cm³/mol. The van der Waals surface area contributed by atoms with Crippen LogP contribution in [0.5, 0.6) is 0 Å². The standard InChI is InChI=1S/C10H12FNS/c11-8-1-3-9(4-2-8)13-10(7-12)5-6-10/h1-4H,5-7,12H2. The van der Waals surface area contributed by atoms with Crippen LogP contribution in [0.15, 0.2) is 29.2 Å². The van der Waals surface area contributed by atoms with Crippen molar-refractivity contribution in [2.24, 2.45) is 5.73 Å². The van der Waals surface area contributed by atoms with E-state index in [9.17, 15) is 4.39 Å². The molecule has 0 heterocycles. The Morgan fingerprint density at radius 1 is 1.31 bits per heavy atom. The van der Waals surface area contributed by atoms with Crippen molar-refractivity contribution in [3.8, 4) is 0 Å². The van der Waals surface area contributed by atoms with Crippen molar-refractivity contribution in [1.82, 2.24) is 0 Å². The Morgan fingerprint density at radius 3 is 2.38 bits per heavy atom. The fourth-order valence-corrected chi connectivity index (χ4v) is 2.40. The van der Waals surface area contributed by atoms with Gasteiger partial charge >= 0.3 is 0 Å². The predicted octanol–water partition coefficient (Wildman–Crippen LogP) is 2.41. The minimum absolute atomic E-state index is 0.179. The van der Waals surface area contributed by atoms with Crippen LogP contribution in [0.2, 0.25) is 0 Å². The molecule has 1 aliphatic rings. The summed E-state index contributed by atoms with van der Waals surface area (Å²) in [6, 6.07) is 6.62. The SMILES string of the molecule is NCC1(Sc2ccc(F)cc2)CC1. The summed E-state index contributed by atoms with van der Waals surface area (Å²) in [5.41, 5.74) is 5.65. The lowest BCUT2D eigenvalue weighted by atomic mass is 10.3. The maximum absolute atomic E-state index is 12.6. The molecule has 0 saturated heterocycles. The van der Waals surface area contributed by atoms with Gasteiger partial charge in [-0.05, 0) is 37.1 Å². The van der Waals surface area contributed by atoms with Gasteiger partial charge in [0, 0.05) is 16.2 Å². The average Bonchev–Trinajstić information content (AvgIpc) is 2.90. The monoisotopic (exact) mass is 197 g/mol. The highest BCUT2D eigenvalue weighted by Gasteiger charge is 2.42. The summed E-state index contributed by atoms with van der Waals surface area (Å²) >= 11 is 1.77. The Balaban J connectivity index is 2.06. The van der Waals surface area contributed by atoms with E-state index in [1.165, 1.54) is 25.0 Å². The molecular weight excluding hydrogens is 185 g/mol. The van der Waals surface area contributed by atoms with Crippen LogP contribution in [0.3, 0.4) is 0 Å². The third-order valence-corrected chi connectivity index (χ3v) is 3.84. The number of thioether (sulfide) groups is 1. The molecule has 0 aromatic heterocycles. The maximum atomic E-state index is 12.6. The minimum Gasteiger partial charge on any atom is -0.329 e. The normalized spacial score (nSPS) is 18.6. The summed E-state index contributed by atoms with van der Waals surface area (Å²) in [5, 5.41) is 0. The second kappa shape index (κ2) is 3.31. The third-order valence-electron chi connectivity index (χ3n) is 2.33. The third kappa shape index (κ3) is 2.03. The van der Waals surface area contributed by atoms with Crippen LogP contribution < -0.4 is 5.73 Å². The first-order valence-corrected chi connectivity index (χ1v) is 5.20. The van der Waals surface area contributed by atoms with Gasteiger partial charge in [0.05, 0.1) is 0 Å². The van der Waals surface area contributed by atoms with Gasteiger partial charge in [0.25, 0.3) is 0 Å². The highest BCUT2D eigenvalue weighted by atomic mass is 32.2. The number of halogens is 1. The molecular formula is C10H12FNS. The molecule has 13 heavy (non-hydrogen) atoms. The maximum Gasteiger partial charge on any atom is 0.123 e. The lowest BCUT2D eigenvalue weighted by molar-refractivity contribution is 0.626. The van der Waals surface area contributed by atoms with Crippen molar-refractivity contribution < 1.29 is 4.39 Å². The van der Waals surface area contributed by atoms with Gasteiger partial charge in [-0.25, -0.2) is 4.39 Å². The smallest absolute Gasteiger partial charge is 0.123 e. The summed E-state index contributed by atoms with van der Waals surface area (Å²) in [6.07, 6.45) is 2.37. The van der Waals surface area contributed by atoms with Gasteiger partial charge < -0.3 is 5.73 Å². The number of hydrogen-bond acceptors (Lipinski definition) is 2. The Kier molecular flexibility index (Phi) is 2.30. The molecule has 0 unspecified atom stereocenters. The van der Waals surface area contributed by atoms with Crippen molar-refractivity contribution in [1.29, 1.82) is 0 Å². The average molecular weight is 197 g/mol. The zero-order valence-electron chi connectivity index (χ0n) is 7.29. The fourth-order valence-electron chi connectivity index (χ4n) is 1.24. The Labute approximate surface area is 81.5 Å². The molecule has 0 aliphatic heterocycles. The molecule has 0 bridgehead atoms. The van der Waals surface area contributed by atoms with Crippen molar-refractivity contribution in [3.05, 3.63) is 30.1 Å². The summed E-state index contributed by atoms with van der Waals surface area (Å²) in [4.78, 5) is 1.12. The van der Waals surface area contributed by atoms with Crippen molar-refractivity contribution in [3.63, 3.8) is 0 Å². The first-order chi connectivity index (χ1) is 6.24. The fraction of sp³-hybridized carbons (Fsp3) is 0.400. The van der Waals surface area contributed by atoms with Gasteiger partial charge in [0.2, 0.25) is 0 Å². The van der Waals surface area contributed by atoms with E-state index in [2.05, 4.69) is 0 Å². The molecule has 1 aromatic carbocycles. The van der Waals surface area contributed by atoms with Crippen LogP contribution in [0, 0.1) is 5.82 Å². The van der Waals surface area contributed by atoms with E-state index >= 15 is 0 Å². The molecule has 1 aromatic rings. The molecule has 0 atom stereocenters. The van der Waals surface area contributed by atoms with Crippen LogP contribution in [0.4, 0.5) is 4.39 Å². The van der Waals surface area contributed by atoms with E-state index in [1.54, 1.807) is 11.8 Å². The molecule has 0 amide bonds. The highest BCUT2D eigenvalue weighted by molar-refractivity contribution is 8.01. The molecule has 70 valence electrons. The van der Waals surface area contributed by atoms with E-state index in [0.29, 0.717) is 0 Å². The molecule has 2 rings (SSSR count). The Morgan fingerprint density at radius 2 is 1.92 bits per heavy atom. The first-order valence-electron chi connectivity index (χ1n) is 4.39. The van der Waals surface area contributed by atoms with Gasteiger partial charge in [-0.15, -0.1) is 11.8 Å². The van der Waals surface area contributed by atoms with E-state index in [-0.39, 0.29) is 10.6 Å². The molecule has 2 N–H and O–H groups in total. The summed E-state index contributed by atoms with van der Waals surface area (Å²) in [5.74, 6) is -0.179. The van der Waals surface area contributed by atoms with Gasteiger partial charge in [0.1, 0.15) is 5.82 Å². The second-order valence-electron chi connectivity index (χ2n) is 3.44. The van der Waals surface area contributed by atoms with Gasteiger partial charge in [-0.3, -0.25) is 0 Å². The van der Waals surface area contributed by atoms with Crippen molar-refractivity contribution >= 4 is 11.8 Å². The molecule has 1 aliphatic carbocycles. The van der Waals surface area contributed by atoms with Crippen LogP contribution in [-0.4, -0.2) is 11.3 Å². The number of rotatable bonds is 3. The van der Waals surface area contributed by atoms with Crippen molar-refractivity contribution in [2.45, 2.75) is 22.5 Å². The van der Waals surface area contributed by atoms with E-state index in [1.807, 2.05) is 12.1 Å². The highest BCUT2D eigenvalue weighted by Crippen LogP contribution is 2.50. The first kappa shape index (κ1) is 9.03. The summed E-state index contributed by atoms with van der Waals surface area (Å²) in [7, 11) is 0. The summed E-state index contributed by atoms with van der Waals surface area (Å²) in [6.45, 7) is 0.717. The summed E-state index contributed by atoms with van der Waals surface area (Å²) < 4.78 is 12.8. The van der Waals surface area contributed by atoms with Crippen LogP contribution in [-0.2, 0) is 0 Å². The van der Waals surface area contributed by atoms with E-state index in [0.717, 1.165) is 11.4 Å². The van der Waals surface area contributed by atoms with Crippen LogP contribution >= 0.6 is 11.8 Å². The Hall–Kier alpha value is -0.540. The van der Waals surface area contributed by atoms with E-state index < -0.39 is 0 Å². The second-order valence-corrected chi connectivity index (χ2v) is 4.98. The largest absolute Gasteiger partial charge is 0.329 e. The Bertz CT molecular complexity index is 292. The molecule has 3 heteroatoms. The number of nitrogens with two attached hydrogens (primary N) is 1. The van der Waals surface area contributed by atoms with Crippen molar-refractivity contribution in [2.75, 3.05) is 6.54 Å². The number of benzene rings is 1. The lowest BCUT2D eigenvalue weighted by Crippen LogP contribution is -2.17. The lowest BCUT2D eigenvalue weighted by Gasteiger charge is -2.10. The minimum atomic E-state index is -0.179. The molecule has 1 saturated carbocycles. The zero-order valence-corrected chi connectivity index (χ0v) is 8.11. The van der Waals surface area contributed by atoms with Gasteiger partial charge in [-0.2, -0.15) is 0 Å². The number of hydrogen-bond donors (Lipinski definition) is 1. The molecule has 0 spiro atoms. The topological polar surface area (TPSA) is 26.0 Å². The quantitative estimate of drug-likeness (QED) is 0.805. The van der Waals surface area contributed by atoms with Crippen LogP contribution in [0.25, 0.3) is 0 Å². The van der Waals surface area contributed by atoms with Gasteiger partial charge in [0.15, 0.2) is 0 Å². The van der Waals surface area contributed by atoms with Crippen LogP contribution in [0.1, 0.15) is 12.8 Å². The molecule has 1 fully saturated rings. The molecule has 1 nitrogen and oxygen atoms in total. The van der Waals surface area contributed by atoms with Gasteiger partial charge in [-0.1, -0.05) is 0 Å². The van der Waals surface area contributed by atoms with E-state index in [4.69, 9.17) is 5.73 Å².